The molecule has 0 saturated carbocycles. The van der Waals surface area contributed by atoms with E-state index in [0.29, 0.717) is 0 Å². The van der Waals surface area contributed by atoms with Crippen molar-refractivity contribution in [3.63, 3.8) is 0 Å². The third-order valence-electron chi connectivity index (χ3n) is 13.6. The molecule has 0 fully saturated rings. The summed E-state index contributed by atoms with van der Waals surface area (Å²) >= 11 is 0. The summed E-state index contributed by atoms with van der Waals surface area (Å²) < 4.78 is 0. The second-order valence-corrected chi connectivity index (χ2v) is 17.2. The first-order chi connectivity index (χ1) is 32.7. The summed E-state index contributed by atoms with van der Waals surface area (Å²) in [7, 11) is 0. The summed E-state index contributed by atoms with van der Waals surface area (Å²) in [5, 5.41) is 2.49. The van der Waals surface area contributed by atoms with Crippen LogP contribution in [0, 0.1) is 0 Å². The first-order valence-corrected chi connectivity index (χ1v) is 22.8. The zero-order valence-electron chi connectivity index (χ0n) is 36.4. The summed E-state index contributed by atoms with van der Waals surface area (Å²) in [4.78, 5) is 2.44. The molecule has 1 heteroatoms. The van der Waals surface area contributed by atoms with Gasteiger partial charge in [-0.05, 0) is 126 Å². The van der Waals surface area contributed by atoms with Gasteiger partial charge in [0, 0.05) is 16.9 Å². The van der Waals surface area contributed by atoms with Gasteiger partial charge in [-0.25, -0.2) is 0 Å². The van der Waals surface area contributed by atoms with Gasteiger partial charge in [-0.1, -0.05) is 231 Å². The molecule has 1 aliphatic carbocycles. The van der Waals surface area contributed by atoms with E-state index in [0.717, 1.165) is 17.1 Å². The lowest BCUT2D eigenvalue weighted by molar-refractivity contribution is 0.768. The lowest BCUT2D eigenvalue weighted by Gasteiger charge is -2.34. The van der Waals surface area contributed by atoms with Gasteiger partial charge < -0.3 is 4.90 Å². The van der Waals surface area contributed by atoms with Crippen LogP contribution < -0.4 is 4.90 Å². The van der Waals surface area contributed by atoms with Crippen LogP contribution in [-0.4, -0.2) is 0 Å². The van der Waals surface area contributed by atoms with Crippen molar-refractivity contribution in [2.24, 2.45) is 0 Å². The highest BCUT2D eigenvalue weighted by Crippen LogP contribution is 2.59. The van der Waals surface area contributed by atoms with Gasteiger partial charge in [0.15, 0.2) is 0 Å². The van der Waals surface area contributed by atoms with Gasteiger partial charge in [0.05, 0.1) is 11.1 Å². The Labute approximate surface area is 387 Å². The number of anilines is 3. The van der Waals surface area contributed by atoms with Crippen molar-refractivity contribution in [3.8, 4) is 55.6 Å². The molecule has 12 rings (SSSR count). The lowest BCUT2D eigenvalue weighted by atomic mass is 9.67. The van der Waals surface area contributed by atoms with Gasteiger partial charge in [0.25, 0.3) is 0 Å². The van der Waals surface area contributed by atoms with E-state index >= 15 is 0 Å². The highest BCUT2D eigenvalue weighted by Gasteiger charge is 2.46. The number of hydrogen-bond acceptors (Lipinski definition) is 1. The summed E-state index contributed by atoms with van der Waals surface area (Å²) in [6, 6.07) is 100. The SMILES string of the molecule is c1ccc(-c2cccc(-c3ccc(N(c4ccc(-c5ccc6ccccc6c5)cc4)c4ccccc4-c4cccc5c4-c4ccccc4C5(c4ccccc4)c4ccccc4)cc3)c2)cc1. The summed E-state index contributed by atoms with van der Waals surface area (Å²) in [5.74, 6) is 0. The van der Waals surface area contributed by atoms with Crippen molar-refractivity contribution in [1.82, 2.24) is 0 Å². The largest absolute Gasteiger partial charge is 0.310 e. The van der Waals surface area contributed by atoms with E-state index in [2.05, 4.69) is 278 Å². The van der Waals surface area contributed by atoms with Gasteiger partial charge >= 0.3 is 0 Å². The molecule has 0 aliphatic heterocycles. The Morgan fingerprint density at radius 1 is 0.258 bits per heavy atom. The Kier molecular flexibility index (Phi) is 9.81. The Bertz CT molecular complexity index is 3460. The average Bonchev–Trinajstić information content (AvgIpc) is 3.71. The van der Waals surface area contributed by atoms with Crippen molar-refractivity contribution in [1.29, 1.82) is 0 Å². The van der Waals surface area contributed by atoms with Crippen LogP contribution in [0.4, 0.5) is 17.1 Å². The van der Waals surface area contributed by atoms with E-state index < -0.39 is 5.41 Å². The molecule has 310 valence electrons. The molecule has 1 nitrogen and oxygen atoms in total. The van der Waals surface area contributed by atoms with Crippen molar-refractivity contribution < 1.29 is 0 Å². The molecule has 0 saturated heterocycles. The molecular weight excluding hydrogens is 795 g/mol. The van der Waals surface area contributed by atoms with Crippen LogP contribution in [0.1, 0.15) is 22.3 Å². The predicted molar refractivity (Wildman–Crippen MR) is 278 cm³/mol. The molecule has 0 atom stereocenters. The molecule has 0 unspecified atom stereocenters. The molecule has 66 heavy (non-hydrogen) atoms. The Balaban J connectivity index is 1.03. The van der Waals surface area contributed by atoms with Crippen LogP contribution in [-0.2, 0) is 5.41 Å². The van der Waals surface area contributed by atoms with E-state index in [4.69, 9.17) is 0 Å². The molecular formula is C65H45N. The highest BCUT2D eigenvalue weighted by atomic mass is 15.1. The van der Waals surface area contributed by atoms with Crippen molar-refractivity contribution >= 4 is 27.8 Å². The normalized spacial score (nSPS) is 12.4. The molecule has 11 aromatic rings. The predicted octanol–water partition coefficient (Wildman–Crippen LogP) is 17.3. The topological polar surface area (TPSA) is 3.24 Å². The maximum atomic E-state index is 2.44. The molecule has 0 spiro atoms. The first-order valence-electron chi connectivity index (χ1n) is 22.8. The minimum absolute atomic E-state index is 0.495. The van der Waals surface area contributed by atoms with Crippen LogP contribution >= 0.6 is 0 Å². The quantitative estimate of drug-likeness (QED) is 0.140. The van der Waals surface area contributed by atoms with Gasteiger partial charge in [0.1, 0.15) is 0 Å². The van der Waals surface area contributed by atoms with Crippen molar-refractivity contribution in [3.05, 3.63) is 295 Å². The van der Waals surface area contributed by atoms with Crippen LogP contribution in [0.15, 0.2) is 273 Å². The minimum atomic E-state index is -0.495. The maximum Gasteiger partial charge on any atom is 0.0713 e. The number of para-hydroxylation sites is 1. The maximum absolute atomic E-state index is 2.44. The lowest BCUT2D eigenvalue weighted by Crippen LogP contribution is -2.28. The molecule has 0 N–H and O–H groups in total. The fourth-order valence-corrected chi connectivity index (χ4v) is 10.5. The Hall–Kier alpha value is -8.52. The van der Waals surface area contributed by atoms with Crippen LogP contribution in [0.5, 0.6) is 0 Å². The molecule has 1 aliphatic rings. The van der Waals surface area contributed by atoms with E-state index in [-0.39, 0.29) is 0 Å². The van der Waals surface area contributed by atoms with Crippen molar-refractivity contribution in [2.45, 2.75) is 5.41 Å². The second kappa shape index (κ2) is 16.6. The number of fused-ring (bicyclic) bond motifs is 4. The average molecular weight is 840 g/mol. The van der Waals surface area contributed by atoms with E-state index in [1.807, 2.05) is 0 Å². The number of rotatable bonds is 9. The number of nitrogens with zero attached hydrogens (tertiary/aromatic N) is 1. The van der Waals surface area contributed by atoms with Crippen molar-refractivity contribution in [2.75, 3.05) is 4.90 Å². The van der Waals surface area contributed by atoms with Crippen LogP contribution in [0.25, 0.3) is 66.4 Å². The summed E-state index contributed by atoms with van der Waals surface area (Å²) in [6.45, 7) is 0. The minimum Gasteiger partial charge on any atom is -0.310 e. The molecule has 0 amide bonds. The molecule has 11 aromatic carbocycles. The molecule has 0 bridgehead atoms. The van der Waals surface area contributed by atoms with Crippen LogP contribution in [0.3, 0.4) is 0 Å². The Morgan fingerprint density at radius 2 is 0.697 bits per heavy atom. The highest BCUT2D eigenvalue weighted by molar-refractivity contribution is 6.00. The number of hydrogen-bond donors (Lipinski definition) is 0. The fraction of sp³-hybridized carbons (Fsp3) is 0.0154. The summed E-state index contributed by atoms with van der Waals surface area (Å²) in [6.07, 6.45) is 0. The molecule has 0 aromatic heterocycles. The molecule has 0 radical (unpaired) electrons. The van der Waals surface area contributed by atoms with Crippen LogP contribution in [0.2, 0.25) is 0 Å². The molecule has 0 heterocycles. The van der Waals surface area contributed by atoms with E-state index in [1.54, 1.807) is 0 Å². The smallest absolute Gasteiger partial charge is 0.0713 e. The summed E-state index contributed by atoms with van der Waals surface area (Å²) in [5.41, 5.74) is 20.0. The third kappa shape index (κ3) is 6.64. The zero-order chi connectivity index (χ0) is 43.9. The van der Waals surface area contributed by atoms with Gasteiger partial charge in [-0.3, -0.25) is 0 Å². The van der Waals surface area contributed by atoms with Gasteiger partial charge in [0.2, 0.25) is 0 Å². The Morgan fingerprint density at radius 3 is 1.35 bits per heavy atom. The monoisotopic (exact) mass is 839 g/mol. The van der Waals surface area contributed by atoms with Gasteiger partial charge in [-0.15, -0.1) is 0 Å². The van der Waals surface area contributed by atoms with Gasteiger partial charge in [-0.2, -0.15) is 0 Å². The van der Waals surface area contributed by atoms with E-state index in [9.17, 15) is 0 Å². The zero-order valence-corrected chi connectivity index (χ0v) is 36.4. The third-order valence-corrected chi connectivity index (χ3v) is 13.6. The standard InChI is InChI=1S/C65H45N/c1-4-18-46(19-5-1)51-22-16-23-52(44-51)48-36-40-56(41-37-48)66(57-42-38-49(39-43-57)53-35-34-47-20-10-11-21-50(47)45-53)63-33-15-13-28-58(63)59-30-17-32-62-64(59)60-29-12-14-31-61(60)65(62,54-24-6-2-7-25-54)55-26-8-3-9-27-55/h1-45H. The van der Waals surface area contributed by atoms with E-state index in [1.165, 1.54) is 88.7 Å². The second-order valence-electron chi connectivity index (χ2n) is 17.2. The number of benzene rings is 11. The fourth-order valence-electron chi connectivity index (χ4n) is 10.5. The first kappa shape index (κ1) is 39.1.